The highest BCUT2D eigenvalue weighted by molar-refractivity contribution is 7.71. The minimum Gasteiger partial charge on any atom is -0.353 e. The second-order valence-electron chi connectivity index (χ2n) is 5.45. The third-order valence-corrected chi connectivity index (χ3v) is 4.29. The zero-order valence-electron chi connectivity index (χ0n) is 11.6. The van der Waals surface area contributed by atoms with Gasteiger partial charge in [0, 0.05) is 18.8 Å². The molecule has 2 aromatic rings. The Bertz CT molecular complexity index is 585. The summed E-state index contributed by atoms with van der Waals surface area (Å²) in [5.41, 5.74) is 2.75. The van der Waals surface area contributed by atoms with E-state index in [0.29, 0.717) is 6.04 Å². The monoisotopic (exact) mass is 284 g/mol. The van der Waals surface area contributed by atoms with Gasteiger partial charge in [-0.2, -0.15) is 0 Å². The molecule has 0 aliphatic carbocycles. The van der Waals surface area contributed by atoms with Crippen molar-refractivity contribution in [3.63, 3.8) is 0 Å². The minimum absolute atomic E-state index is 0.510. The zero-order chi connectivity index (χ0) is 13.8. The van der Waals surface area contributed by atoms with E-state index in [0.717, 1.165) is 11.2 Å². The summed E-state index contributed by atoms with van der Waals surface area (Å²) >= 11 is 5.14. The quantitative estimate of drug-likeness (QED) is 0.839. The molecule has 1 saturated heterocycles. The summed E-state index contributed by atoms with van der Waals surface area (Å²) in [6.45, 7) is 2.20. The lowest BCUT2D eigenvalue weighted by Gasteiger charge is -2.36. The molecule has 1 aliphatic rings. The molecular formula is C17H20N2S. The van der Waals surface area contributed by atoms with Gasteiger partial charge >= 0.3 is 0 Å². The van der Waals surface area contributed by atoms with Crippen molar-refractivity contribution in [2.75, 3.05) is 6.54 Å². The summed E-state index contributed by atoms with van der Waals surface area (Å²) in [4.78, 5) is 5.76. The number of hydrogen-bond acceptors (Lipinski definition) is 2. The SMILES string of the molecule is S=c1ccc(C2CCCCN2Cc2ccccc2)c[nH]1. The van der Waals surface area contributed by atoms with Crippen molar-refractivity contribution < 1.29 is 0 Å². The Morgan fingerprint density at radius 3 is 2.70 bits per heavy atom. The van der Waals surface area contributed by atoms with Crippen LogP contribution in [0.3, 0.4) is 0 Å². The van der Waals surface area contributed by atoms with Crippen LogP contribution in [0.4, 0.5) is 0 Å². The number of likely N-dealkylation sites (tertiary alicyclic amines) is 1. The number of aromatic nitrogens is 1. The smallest absolute Gasteiger partial charge is 0.103 e. The molecule has 0 radical (unpaired) electrons. The van der Waals surface area contributed by atoms with Crippen LogP contribution in [0.25, 0.3) is 0 Å². The average Bonchev–Trinajstić information content (AvgIpc) is 2.50. The Kier molecular flexibility index (Phi) is 4.28. The van der Waals surface area contributed by atoms with Crippen molar-refractivity contribution in [1.29, 1.82) is 0 Å². The summed E-state index contributed by atoms with van der Waals surface area (Å²) < 4.78 is 0.805. The largest absolute Gasteiger partial charge is 0.353 e. The second kappa shape index (κ2) is 6.33. The molecular weight excluding hydrogens is 264 g/mol. The summed E-state index contributed by atoms with van der Waals surface area (Å²) in [6, 6.07) is 15.4. The fraction of sp³-hybridized carbons (Fsp3) is 0.353. The molecule has 0 spiro atoms. The van der Waals surface area contributed by atoms with Crippen LogP contribution in [0.15, 0.2) is 48.7 Å². The van der Waals surface area contributed by atoms with Crippen molar-refractivity contribution in [2.45, 2.75) is 31.8 Å². The summed E-state index contributed by atoms with van der Waals surface area (Å²) in [7, 11) is 0. The van der Waals surface area contributed by atoms with Crippen LogP contribution < -0.4 is 0 Å². The molecule has 1 aliphatic heterocycles. The predicted molar refractivity (Wildman–Crippen MR) is 85.1 cm³/mol. The maximum atomic E-state index is 5.14. The Morgan fingerprint density at radius 1 is 1.10 bits per heavy atom. The fourth-order valence-electron chi connectivity index (χ4n) is 3.01. The van der Waals surface area contributed by atoms with E-state index in [4.69, 9.17) is 12.2 Å². The molecule has 1 unspecified atom stereocenters. The first-order valence-corrected chi connectivity index (χ1v) is 7.70. The molecule has 0 amide bonds. The maximum absolute atomic E-state index is 5.14. The summed E-state index contributed by atoms with van der Waals surface area (Å²) in [5, 5.41) is 0. The number of piperidine rings is 1. The van der Waals surface area contributed by atoms with Gasteiger partial charge in [-0.25, -0.2) is 0 Å². The highest BCUT2D eigenvalue weighted by Crippen LogP contribution is 2.31. The number of H-pyrrole nitrogens is 1. The summed E-state index contributed by atoms with van der Waals surface area (Å²) in [6.07, 6.45) is 5.92. The number of benzene rings is 1. The van der Waals surface area contributed by atoms with Gasteiger partial charge < -0.3 is 4.98 Å². The van der Waals surface area contributed by atoms with E-state index in [2.05, 4.69) is 52.5 Å². The van der Waals surface area contributed by atoms with E-state index < -0.39 is 0 Å². The molecule has 2 heterocycles. The standard InChI is InChI=1S/C17H20N2S/c20-17-10-9-15(12-18-17)16-8-4-5-11-19(16)13-14-6-2-1-3-7-14/h1-3,6-7,9-10,12,16H,4-5,8,11,13H2,(H,18,20). The first kappa shape index (κ1) is 13.5. The first-order chi connectivity index (χ1) is 9.83. The van der Waals surface area contributed by atoms with Crippen LogP contribution in [0.2, 0.25) is 0 Å². The first-order valence-electron chi connectivity index (χ1n) is 7.29. The molecule has 1 fully saturated rings. The van der Waals surface area contributed by atoms with Crippen LogP contribution in [0, 0.1) is 4.64 Å². The highest BCUT2D eigenvalue weighted by Gasteiger charge is 2.23. The Morgan fingerprint density at radius 2 is 1.95 bits per heavy atom. The van der Waals surface area contributed by atoms with Crippen LogP contribution in [-0.4, -0.2) is 16.4 Å². The molecule has 0 bridgehead atoms. The number of pyridine rings is 1. The van der Waals surface area contributed by atoms with Gasteiger partial charge in [0.1, 0.15) is 4.64 Å². The van der Waals surface area contributed by atoms with Gasteiger partial charge in [-0.3, -0.25) is 4.90 Å². The lowest BCUT2D eigenvalue weighted by molar-refractivity contribution is 0.140. The lowest BCUT2D eigenvalue weighted by atomic mass is 9.96. The molecule has 1 N–H and O–H groups in total. The van der Waals surface area contributed by atoms with Crippen LogP contribution in [0.5, 0.6) is 0 Å². The van der Waals surface area contributed by atoms with Crippen molar-refractivity contribution in [3.8, 4) is 0 Å². The molecule has 104 valence electrons. The number of hydrogen-bond donors (Lipinski definition) is 1. The van der Waals surface area contributed by atoms with Gasteiger partial charge in [0.2, 0.25) is 0 Å². The van der Waals surface area contributed by atoms with E-state index >= 15 is 0 Å². The van der Waals surface area contributed by atoms with Crippen molar-refractivity contribution in [2.24, 2.45) is 0 Å². The van der Waals surface area contributed by atoms with Crippen molar-refractivity contribution in [3.05, 3.63) is 64.4 Å². The van der Waals surface area contributed by atoms with E-state index in [9.17, 15) is 0 Å². The molecule has 3 heteroatoms. The predicted octanol–water partition coefficient (Wildman–Crippen LogP) is 4.47. The molecule has 2 nitrogen and oxygen atoms in total. The molecule has 20 heavy (non-hydrogen) atoms. The van der Waals surface area contributed by atoms with Crippen LogP contribution >= 0.6 is 12.2 Å². The number of nitrogens with one attached hydrogen (secondary N) is 1. The third-order valence-electron chi connectivity index (χ3n) is 4.04. The maximum Gasteiger partial charge on any atom is 0.103 e. The molecule has 0 saturated carbocycles. The number of nitrogens with zero attached hydrogens (tertiary/aromatic N) is 1. The lowest BCUT2D eigenvalue weighted by Crippen LogP contribution is -2.32. The van der Waals surface area contributed by atoms with Crippen LogP contribution in [-0.2, 0) is 6.54 Å². The molecule has 1 aromatic heterocycles. The van der Waals surface area contributed by atoms with E-state index in [-0.39, 0.29) is 0 Å². The van der Waals surface area contributed by atoms with Gasteiger partial charge in [-0.15, -0.1) is 0 Å². The van der Waals surface area contributed by atoms with E-state index in [1.165, 1.54) is 36.9 Å². The Hall–Kier alpha value is -1.45. The Balaban J connectivity index is 1.80. The minimum atomic E-state index is 0.510. The van der Waals surface area contributed by atoms with Crippen LogP contribution in [0.1, 0.15) is 36.4 Å². The topological polar surface area (TPSA) is 19.0 Å². The number of rotatable bonds is 3. The van der Waals surface area contributed by atoms with E-state index in [1.54, 1.807) is 0 Å². The normalized spacial score (nSPS) is 19.9. The van der Waals surface area contributed by atoms with Gasteiger partial charge in [0.05, 0.1) is 0 Å². The summed E-state index contributed by atoms with van der Waals surface area (Å²) in [5.74, 6) is 0. The molecule has 3 rings (SSSR count). The van der Waals surface area contributed by atoms with E-state index in [1.807, 2.05) is 6.07 Å². The molecule has 1 atom stereocenters. The van der Waals surface area contributed by atoms with Gasteiger partial charge in [-0.05, 0) is 36.6 Å². The Labute approximate surface area is 125 Å². The zero-order valence-corrected chi connectivity index (χ0v) is 12.4. The van der Waals surface area contributed by atoms with Crippen molar-refractivity contribution >= 4 is 12.2 Å². The van der Waals surface area contributed by atoms with Gasteiger partial charge in [-0.1, -0.05) is 55.0 Å². The average molecular weight is 284 g/mol. The van der Waals surface area contributed by atoms with Crippen molar-refractivity contribution in [1.82, 2.24) is 9.88 Å². The fourth-order valence-corrected chi connectivity index (χ4v) is 3.13. The second-order valence-corrected chi connectivity index (χ2v) is 5.89. The third kappa shape index (κ3) is 3.17. The van der Waals surface area contributed by atoms with Gasteiger partial charge in [0.15, 0.2) is 0 Å². The number of aromatic amines is 1. The molecule has 1 aromatic carbocycles. The van der Waals surface area contributed by atoms with Gasteiger partial charge in [0.25, 0.3) is 0 Å². The highest BCUT2D eigenvalue weighted by atomic mass is 32.1.